The third-order valence-electron chi connectivity index (χ3n) is 1.53. The molecule has 1 rings (SSSR count). The molecule has 5 atom stereocenters. The van der Waals surface area contributed by atoms with Gasteiger partial charge < -0.3 is 25.2 Å². The fourth-order valence-electron chi connectivity index (χ4n) is 0.820. The molecular formula is C5H9Ac4BrO5. The predicted molar refractivity (Wildman–Crippen MR) is 37.8 cm³/mol. The number of ether oxygens (including phenoxy) is 1. The summed E-state index contributed by atoms with van der Waals surface area (Å²) >= 11 is 2.86. The van der Waals surface area contributed by atoms with Crippen LogP contribution in [0.5, 0.6) is 0 Å². The van der Waals surface area contributed by atoms with Crippen LogP contribution >= 0.6 is 15.9 Å². The first-order valence-electron chi connectivity index (χ1n) is 3.06. The van der Waals surface area contributed by atoms with E-state index in [4.69, 9.17) is 20.4 Å². The van der Waals surface area contributed by atoms with E-state index < -0.39 is 29.6 Å². The standard InChI is InChI=1S/C5H9BrO5.4Ac/c6-4-2(8)1(7)3(9)5(10)11-4;;;;/h1-5,7-10H;;;;. The fourth-order valence-corrected chi connectivity index (χ4v) is 1.35. The van der Waals surface area contributed by atoms with Crippen molar-refractivity contribution in [1.29, 1.82) is 0 Å². The largest absolute Gasteiger partial charge is 0.387 e. The van der Waals surface area contributed by atoms with Gasteiger partial charge in [0.05, 0.1) is 0 Å². The van der Waals surface area contributed by atoms with Gasteiger partial charge in [0.25, 0.3) is 0 Å². The van der Waals surface area contributed by atoms with E-state index in [9.17, 15) is 0 Å². The Balaban J connectivity index is -0.000000151. The molecule has 0 bridgehead atoms. The minimum Gasteiger partial charge on any atom is -0.387 e. The molecule has 1 heterocycles. The van der Waals surface area contributed by atoms with Gasteiger partial charge in [0, 0.05) is 176 Å². The summed E-state index contributed by atoms with van der Waals surface area (Å²) in [6.45, 7) is 0. The molecule has 1 aliphatic rings. The normalized spacial score (nSPS) is 38.6. The number of hydrogen-bond acceptors (Lipinski definition) is 5. The maximum absolute atomic E-state index is 9.04. The molecular weight excluding hydrogens is 1130 g/mol. The van der Waals surface area contributed by atoms with E-state index in [1.165, 1.54) is 0 Å². The zero-order chi connectivity index (χ0) is 8.59. The van der Waals surface area contributed by atoms with Gasteiger partial charge >= 0.3 is 0 Å². The molecule has 1 fully saturated rings. The summed E-state index contributed by atoms with van der Waals surface area (Å²) in [7, 11) is 0. The van der Waals surface area contributed by atoms with E-state index in [-0.39, 0.29) is 176 Å². The Morgan fingerprint density at radius 2 is 1.13 bits per heavy atom. The summed E-state index contributed by atoms with van der Waals surface area (Å²) in [5.41, 5.74) is 0. The molecule has 1 saturated heterocycles. The van der Waals surface area contributed by atoms with Crippen LogP contribution in [0.4, 0.5) is 0 Å². The summed E-state index contributed by atoms with van der Waals surface area (Å²) in [5, 5.41) is 35.0. The maximum Gasteiger partial charge on any atom is 0.185 e. The van der Waals surface area contributed by atoms with Crippen molar-refractivity contribution >= 4 is 15.9 Å². The Bertz CT molecular complexity index is 141. The number of aliphatic hydroxyl groups is 4. The van der Waals surface area contributed by atoms with Gasteiger partial charge in [-0.25, -0.2) is 0 Å². The van der Waals surface area contributed by atoms with Crippen molar-refractivity contribution in [3.05, 3.63) is 0 Å². The smallest absolute Gasteiger partial charge is 0.185 e. The number of halogens is 1. The summed E-state index contributed by atoms with van der Waals surface area (Å²) in [6, 6.07) is 0. The minimum absolute atomic E-state index is 0. The predicted octanol–water partition coefficient (Wildman–Crippen LogP) is -1.86. The molecule has 0 aromatic rings. The molecule has 0 aromatic carbocycles. The summed E-state index contributed by atoms with van der Waals surface area (Å²) in [5.74, 6) is 0. The summed E-state index contributed by atoms with van der Waals surface area (Å²) in [4.78, 5) is 0. The summed E-state index contributed by atoms with van der Waals surface area (Å²) < 4.78 is 4.59. The van der Waals surface area contributed by atoms with Gasteiger partial charge in [-0.15, -0.1) is 0 Å². The molecule has 10 heteroatoms. The van der Waals surface area contributed by atoms with Gasteiger partial charge in [-0.1, -0.05) is 15.9 Å². The van der Waals surface area contributed by atoms with Crippen LogP contribution in [0.15, 0.2) is 0 Å². The second kappa shape index (κ2) is 15.0. The van der Waals surface area contributed by atoms with Gasteiger partial charge in [-0.3, -0.25) is 0 Å². The zero-order valence-corrected chi connectivity index (χ0v) is 28.3. The van der Waals surface area contributed by atoms with Crippen molar-refractivity contribution in [2.24, 2.45) is 0 Å². The monoisotopic (exact) mass is 1140 g/mol. The van der Waals surface area contributed by atoms with E-state index in [0.717, 1.165) is 0 Å². The van der Waals surface area contributed by atoms with Crippen LogP contribution < -0.4 is 0 Å². The topological polar surface area (TPSA) is 90.2 Å². The molecule has 15 heavy (non-hydrogen) atoms. The number of rotatable bonds is 0. The maximum atomic E-state index is 9.04. The van der Waals surface area contributed by atoms with E-state index >= 15 is 0 Å². The minimum atomic E-state index is -1.46. The van der Waals surface area contributed by atoms with Gasteiger partial charge in [0.1, 0.15) is 23.3 Å². The molecule has 1 aliphatic heterocycles. The first-order valence-corrected chi connectivity index (χ1v) is 3.97. The van der Waals surface area contributed by atoms with Crippen LogP contribution in [0, 0.1) is 176 Å². The molecule has 4 N–H and O–H groups in total. The van der Waals surface area contributed by atoms with Crippen molar-refractivity contribution in [2.75, 3.05) is 0 Å². The number of aliphatic hydroxyl groups excluding tert-OH is 4. The number of hydrogen-bond donors (Lipinski definition) is 4. The van der Waals surface area contributed by atoms with Crippen molar-refractivity contribution in [3.8, 4) is 0 Å². The van der Waals surface area contributed by atoms with Crippen LogP contribution in [0.1, 0.15) is 0 Å². The second-order valence-electron chi connectivity index (χ2n) is 2.35. The third-order valence-corrected chi connectivity index (χ3v) is 2.29. The van der Waals surface area contributed by atoms with Crippen LogP contribution in [0.2, 0.25) is 0 Å². The SMILES string of the molecule is OC1OC(Br)C(O)C(O)C1O.[Ac].[Ac].[Ac].[Ac]. The molecule has 0 aliphatic carbocycles. The Morgan fingerprint density at radius 3 is 1.53 bits per heavy atom. The summed E-state index contributed by atoms with van der Waals surface area (Å²) in [6.07, 6.45) is -5.53. The van der Waals surface area contributed by atoms with E-state index in [2.05, 4.69) is 20.7 Å². The molecule has 0 aromatic heterocycles. The number of alkyl halides is 1. The second-order valence-corrected chi connectivity index (χ2v) is 3.25. The van der Waals surface area contributed by atoms with E-state index in [1.807, 2.05) is 0 Å². The average Bonchev–Trinajstić information content (AvgIpc) is 1.97. The Kier molecular flexibility index (Phi) is 29.0. The van der Waals surface area contributed by atoms with Crippen LogP contribution in [0.25, 0.3) is 0 Å². The Hall–Kier alpha value is 6.05. The Labute approximate surface area is 240 Å². The third kappa shape index (κ3) is 9.62. The molecule has 5 nitrogen and oxygen atoms in total. The van der Waals surface area contributed by atoms with E-state index in [1.54, 1.807) is 0 Å². The van der Waals surface area contributed by atoms with Crippen molar-refractivity contribution < 1.29 is 201 Å². The average molecular weight is 1140 g/mol. The van der Waals surface area contributed by atoms with Crippen LogP contribution in [0.3, 0.4) is 0 Å². The molecule has 0 spiro atoms. The quantitative estimate of drug-likeness (QED) is 0.214. The van der Waals surface area contributed by atoms with Gasteiger partial charge in [-0.05, 0) is 0 Å². The first-order chi connectivity index (χ1) is 5.04. The first kappa shape index (κ1) is 29.1. The van der Waals surface area contributed by atoms with Crippen LogP contribution in [-0.2, 0) is 4.74 Å². The van der Waals surface area contributed by atoms with Crippen molar-refractivity contribution in [2.45, 2.75) is 29.6 Å². The van der Waals surface area contributed by atoms with E-state index in [0.29, 0.717) is 0 Å². The van der Waals surface area contributed by atoms with Gasteiger partial charge in [-0.2, -0.15) is 0 Å². The van der Waals surface area contributed by atoms with Gasteiger partial charge in [0.2, 0.25) is 0 Å². The van der Waals surface area contributed by atoms with Gasteiger partial charge in [0.15, 0.2) is 6.29 Å². The molecule has 5 unspecified atom stereocenters. The van der Waals surface area contributed by atoms with Crippen molar-refractivity contribution in [3.63, 3.8) is 0 Å². The molecule has 0 saturated carbocycles. The molecule has 78 valence electrons. The Morgan fingerprint density at radius 1 is 0.733 bits per heavy atom. The fraction of sp³-hybridized carbons (Fsp3) is 1.00. The zero-order valence-electron chi connectivity index (χ0n) is 7.77. The molecule has 4 radical (unpaired) electrons. The van der Waals surface area contributed by atoms with Crippen LogP contribution in [-0.4, -0.2) is 50.0 Å². The van der Waals surface area contributed by atoms with Crippen molar-refractivity contribution in [1.82, 2.24) is 0 Å². The molecule has 0 amide bonds.